The normalized spacial score (nSPS) is 30.4. The number of hydrogen-bond donors (Lipinski definition) is 0. The van der Waals surface area contributed by atoms with E-state index in [4.69, 9.17) is 0 Å². The Labute approximate surface area is 66.9 Å². The van der Waals surface area contributed by atoms with Gasteiger partial charge in [0.25, 0.3) is 0 Å². The minimum atomic E-state index is 0.352. The van der Waals surface area contributed by atoms with Gasteiger partial charge in [0.2, 0.25) is 5.91 Å². The van der Waals surface area contributed by atoms with Crippen molar-refractivity contribution in [2.45, 2.75) is 31.7 Å². The van der Waals surface area contributed by atoms with Gasteiger partial charge in [0.05, 0.1) is 0 Å². The van der Waals surface area contributed by atoms with Crippen LogP contribution in [0.3, 0.4) is 0 Å². The van der Waals surface area contributed by atoms with Gasteiger partial charge in [-0.3, -0.25) is 4.79 Å². The van der Waals surface area contributed by atoms with Crippen molar-refractivity contribution in [3.63, 3.8) is 0 Å². The van der Waals surface area contributed by atoms with E-state index in [1.165, 1.54) is 6.42 Å². The number of carbonyl (C=O) groups is 1. The maximum absolute atomic E-state index is 11.3. The van der Waals surface area contributed by atoms with Gasteiger partial charge in [-0.05, 0) is 19.3 Å². The average Bonchev–Trinajstić information content (AvgIpc) is 2.06. The lowest BCUT2D eigenvalue weighted by atomic mass is 9.98. The topological polar surface area (TPSA) is 20.3 Å². The molecule has 0 N–H and O–H groups in total. The van der Waals surface area contributed by atoms with E-state index in [1.807, 2.05) is 4.90 Å². The van der Waals surface area contributed by atoms with Crippen molar-refractivity contribution in [3.05, 3.63) is 12.2 Å². The summed E-state index contributed by atoms with van der Waals surface area (Å²) in [5.41, 5.74) is 0. The van der Waals surface area contributed by atoms with E-state index in [2.05, 4.69) is 12.2 Å². The summed E-state index contributed by atoms with van der Waals surface area (Å²) in [6, 6.07) is 0.435. The minimum Gasteiger partial charge on any atom is -0.336 e. The number of piperidine rings is 1. The lowest BCUT2D eigenvalue weighted by molar-refractivity contribution is -0.135. The summed E-state index contributed by atoms with van der Waals surface area (Å²) in [5, 5.41) is 0. The van der Waals surface area contributed by atoms with Crippen molar-refractivity contribution in [3.8, 4) is 0 Å². The van der Waals surface area contributed by atoms with Crippen LogP contribution in [0.2, 0.25) is 0 Å². The van der Waals surface area contributed by atoms with Crippen LogP contribution >= 0.6 is 0 Å². The molecule has 1 atom stereocenters. The molecule has 1 fully saturated rings. The van der Waals surface area contributed by atoms with Gasteiger partial charge in [0, 0.05) is 19.0 Å². The number of hydrogen-bond acceptors (Lipinski definition) is 1. The molecule has 0 aromatic rings. The molecule has 2 heterocycles. The number of fused-ring (bicyclic) bond motifs is 1. The Kier molecular flexibility index (Phi) is 1.68. The van der Waals surface area contributed by atoms with Gasteiger partial charge in [-0.15, -0.1) is 0 Å². The Morgan fingerprint density at radius 2 is 2.45 bits per heavy atom. The molecule has 2 rings (SSSR count). The Bertz CT molecular complexity index is 198. The first-order valence-corrected chi connectivity index (χ1v) is 4.34. The van der Waals surface area contributed by atoms with E-state index in [0.717, 1.165) is 25.8 Å². The van der Waals surface area contributed by atoms with Gasteiger partial charge in [-0.1, -0.05) is 12.2 Å². The van der Waals surface area contributed by atoms with Crippen LogP contribution in [-0.4, -0.2) is 23.4 Å². The van der Waals surface area contributed by atoms with E-state index in [0.29, 0.717) is 11.9 Å². The van der Waals surface area contributed by atoms with Crippen LogP contribution in [0.25, 0.3) is 0 Å². The quantitative estimate of drug-likeness (QED) is 0.478. The van der Waals surface area contributed by atoms with Gasteiger partial charge in [-0.25, -0.2) is 0 Å². The zero-order chi connectivity index (χ0) is 7.68. The molecule has 0 saturated carbocycles. The van der Waals surface area contributed by atoms with Crippen LogP contribution in [0.1, 0.15) is 25.7 Å². The smallest absolute Gasteiger partial charge is 0.223 e. The summed E-state index contributed by atoms with van der Waals surface area (Å²) in [7, 11) is 0. The molecule has 1 saturated heterocycles. The molecule has 1 unspecified atom stereocenters. The third kappa shape index (κ3) is 1.17. The van der Waals surface area contributed by atoms with Crippen LogP contribution in [-0.2, 0) is 4.79 Å². The monoisotopic (exact) mass is 151 g/mol. The molecule has 2 aliphatic rings. The third-order valence-corrected chi connectivity index (χ3v) is 2.51. The fraction of sp³-hybridized carbons (Fsp3) is 0.667. The fourth-order valence-corrected chi connectivity index (χ4v) is 1.90. The number of amides is 1. The molecule has 11 heavy (non-hydrogen) atoms. The standard InChI is InChI=1S/C9H13NO/c11-9-6-3-5-8-4-1-2-7-10(8)9/h1,4,8H,2-3,5-7H2. The summed E-state index contributed by atoms with van der Waals surface area (Å²) in [5.74, 6) is 0.352. The molecule has 0 aromatic carbocycles. The molecular formula is C9H13NO. The summed E-state index contributed by atoms with van der Waals surface area (Å²) >= 11 is 0. The average molecular weight is 151 g/mol. The highest BCUT2D eigenvalue weighted by Crippen LogP contribution is 2.22. The van der Waals surface area contributed by atoms with Crippen molar-refractivity contribution >= 4 is 5.91 Å². The van der Waals surface area contributed by atoms with Gasteiger partial charge in [0.1, 0.15) is 0 Å². The Morgan fingerprint density at radius 1 is 1.55 bits per heavy atom. The lowest BCUT2D eigenvalue weighted by Crippen LogP contribution is -2.44. The molecule has 0 radical (unpaired) electrons. The molecule has 2 aliphatic heterocycles. The first-order chi connectivity index (χ1) is 5.38. The fourth-order valence-electron chi connectivity index (χ4n) is 1.90. The molecule has 0 bridgehead atoms. The predicted molar refractivity (Wildman–Crippen MR) is 43.1 cm³/mol. The van der Waals surface area contributed by atoms with Crippen LogP contribution < -0.4 is 0 Å². The molecule has 1 amide bonds. The van der Waals surface area contributed by atoms with Crippen molar-refractivity contribution in [2.24, 2.45) is 0 Å². The van der Waals surface area contributed by atoms with Crippen molar-refractivity contribution in [1.29, 1.82) is 0 Å². The highest BCUT2D eigenvalue weighted by molar-refractivity contribution is 5.77. The van der Waals surface area contributed by atoms with E-state index < -0.39 is 0 Å². The second-order valence-corrected chi connectivity index (χ2v) is 3.26. The van der Waals surface area contributed by atoms with E-state index in [-0.39, 0.29) is 0 Å². The van der Waals surface area contributed by atoms with Crippen molar-refractivity contribution < 1.29 is 4.79 Å². The summed E-state index contributed by atoms with van der Waals surface area (Å²) in [6.07, 6.45) is 8.43. The third-order valence-electron chi connectivity index (χ3n) is 2.51. The molecule has 60 valence electrons. The zero-order valence-corrected chi connectivity index (χ0v) is 6.62. The van der Waals surface area contributed by atoms with E-state index >= 15 is 0 Å². The highest BCUT2D eigenvalue weighted by Gasteiger charge is 2.26. The van der Waals surface area contributed by atoms with Crippen molar-refractivity contribution in [1.82, 2.24) is 4.90 Å². The summed E-state index contributed by atoms with van der Waals surface area (Å²) < 4.78 is 0. The maximum Gasteiger partial charge on any atom is 0.223 e. The first-order valence-electron chi connectivity index (χ1n) is 4.34. The molecule has 0 aliphatic carbocycles. The second kappa shape index (κ2) is 2.68. The minimum absolute atomic E-state index is 0.352. The second-order valence-electron chi connectivity index (χ2n) is 3.26. The number of rotatable bonds is 0. The zero-order valence-electron chi connectivity index (χ0n) is 6.62. The largest absolute Gasteiger partial charge is 0.336 e. The molecule has 0 aromatic heterocycles. The Hall–Kier alpha value is -0.790. The highest BCUT2D eigenvalue weighted by atomic mass is 16.2. The first kappa shape index (κ1) is 6.89. The van der Waals surface area contributed by atoms with Gasteiger partial charge in [-0.2, -0.15) is 0 Å². The molecule has 2 heteroatoms. The van der Waals surface area contributed by atoms with Crippen molar-refractivity contribution in [2.75, 3.05) is 6.54 Å². The van der Waals surface area contributed by atoms with E-state index in [1.54, 1.807) is 0 Å². The van der Waals surface area contributed by atoms with Crippen LogP contribution in [0.4, 0.5) is 0 Å². The number of carbonyl (C=O) groups excluding carboxylic acids is 1. The van der Waals surface area contributed by atoms with Crippen LogP contribution in [0.15, 0.2) is 12.2 Å². The van der Waals surface area contributed by atoms with Gasteiger partial charge < -0.3 is 4.90 Å². The number of nitrogens with zero attached hydrogens (tertiary/aromatic N) is 1. The maximum atomic E-state index is 11.3. The van der Waals surface area contributed by atoms with Crippen LogP contribution in [0.5, 0.6) is 0 Å². The Morgan fingerprint density at radius 3 is 3.27 bits per heavy atom. The SMILES string of the molecule is O=C1CCCC2C=CCCN12. The summed E-state index contributed by atoms with van der Waals surface area (Å²) in [4.78, 5) is 13.3. The lowest BCUT2D eigenvalue weighted by Gasteiger charge is -2.35. The molecular weight excluding hydrogens is 138 g/mol. The van der Waals surface area contributed by atoms with Gasteiger partial charge >= 0.3 is 0 Å². The van der Waals surface area contributed by atoms with E-state index in [9.17, 15) is 4.79 Å². The molecule has 0 spiro atoms. The van der Waals surface area contributed by atoms with Gasteiger partial charge in [0.15, 0.2) is 0 Å². The predicted octanol–water partition coefficient (Wildman–Crippen LogP) is 1.33. The Balaban J connectivity index is 2.15. The van der Waals surface area contributed by atoms with Crippen LogP contribution in [0, 0.1) is 0 Å². The molecule has 2 nitrogen and oxygen atoms in total. The summed E-state index contributed by atoms with van der Waals surface area (Å²) in [6.45, 7) is 0.944.